The second-order valence-corrected chi connectivity index (χ2v) is 5.20. The van der Waals surface area contributed by atoms with Crippen LogP contribution in [0, 0.1) is 0 Å². The lowest BCUT2D eigenvalue weighted by atomic mass is 10.0. The first-order chi connectivity index (χ1) is 8.35. The molecule has 1 rings (SSSR count). The first-order valence-electron chi connectivity index (χ1n) is 6.29. The molecule has 0 spiro atoms. The van der Waals surface area contributed by atoms with Crippen LogP contribution in [0.5, 0.6) is 0 Å². The number of nitrogens with one attached hydrogen (secondary N) is 1. The molecule has 0 atom stereocenters. The van der Waals surface area contributed by atoms with E-state index in [1.807, 2.05) is 0 Å². The van der Waals surface area contributed by atoms with Gasteiger partial charge in [-0.25, -0.2) is 4.79 Å². The van der Waals surface area contributed by atoms with Crippen molar-refractivity contribution in [2.75, 3.05) is 39.8 Å². The highest BCUT2D eigenvalue weighted by Gasteiger charge is 2.35. The van der Waals surface area contributed by atoms with Gasteiger partial charge in [0, 0.05) is 20.1 Å². The van der Waals surface area contributed by atoms with E-state index < -0.39 is 11.5 Å². The summed E-state index contributed by atoms with van der Waals surface area (Å²) in [6.45, 7) is 6.91. The number of hydrogen-bond acceptors (Lipinski definition) is 4. The van der Waals surface area contributed by atoms with Crippen molar-refractivity contribution in [1.82, 2.24) is 15.1 Å². The maximum Gasteiger partial charge on any atom is 0.329 e. The third-order valence-corrected chi connectivity index (χ3v) is 3.53. The third-order valence-electron chi connectivity index (χ3n) is 3.53. The molecule has 0 radical (unpaired) electrons. The second-order valence-electron chi connectivity index (χ2n) is 5.20. The molecular weight excluding hydrogens is 234 g/mol. The fourth-order valence-electron chi connectivity index (χ4n) is 1.81. The minimum Gasteiger partial charge on any atom is -0.480 e. The fourth-order valence-corrected chi connectivity index (χ4v) is 1.81. The van der Waals surface area contributed by atoms with Crippen LogP contribution >= 0.6 is 0 Å². The normalized spacial score (nSPS) is 18.2. The Kier molecular flexibility index (Phi) is 5.10. The van der Waals surface area contributed by atoms with E-state index in [4.69, 9.17) is 5.11 Å². The van der Waals surface area contributed by atoms with E-state index in [0.717, 1.165) is 32.6 Å². The number of hydrogen-bond donors (Lipinski definition) is 2. The average Bonchev–Trinajstić information content (AvgIpc) is 2.56. The maximum absolute atomic E-state index is 12.1. The van der Waals surface area contributed by atoms with Crippen molar-refractivity contribution in [3.05, 3.63) is 0 Å². The number of amides is 1. The van der Waals surface area contributed by atoms with E-state index in [0.29, 0.717) is 0 Å². The molecule has 0 aromatic carbocycles. The molecule has 18 heavy (non-hydrogen) atoms. The lowest BCUT2D eigenvalue weighted by Crippen LogP contribution is -2.53. The van der Waals surface area contributed by atoms with Crippen LogP contribution in [0.2, 0.25) is 0 Å². The van der Waals surface area contributed by atoms with Crippen LogP contribution in [-0.4, -0.2) is 72.1 Å². The van der Waals surface area contributed by atoms with E-state index in [1.165, 1.54) is 18.7 Å². The summed E-state index contributed by atoms with van der Waals surface area (Å²) in [6, 6.07) is 0. The first-order valence-corrected chi connectivity index (χ1v) is 6.29. The van der Waals surface area contributed by atoms with E-state index in [2.05, 4.69) is 10.2 Å². The molecule has 1 aliphatic heterocycles. The molecule has 0 unspecified atom stereocenters. The number of likely N-dealkylation sites (N-methyl/N-ethyl adjacent to an activating group) is 1. The molecule has 0 saturated carbocycles. The maximum atomic E-state index is 12.1. The predicted molar refractivity (Wildman–Crippen MR) is 68.4 cm³/mol. The van der Waals surface area contributed by atoms with Crippen molar-refractivity contribution < 1.29 is 14.7 Å². The van der Waals surface area contributed by atoms with E-state index >= 15 is 0 Å². The first kappa shape index (κ1) is 14.9. The smallest absolute Gasteiger partial charge is 0.329 e. The van der Waals surface area contributed by atoms with Crippen LogP contribution in [0.3, 0.4) is 0 Å². The standard InChI is InChI=1S/C12H23N3O3/c1-12(2,11(17)18)14(3)10(16)9-15-7-4-5-13-6-8-15/h13H,4-9H2,1-3H3,(H,17,18). The van der Waals surface area contributed by atoms with Crippen molar-refractivity contribution >= 4 is 11.9 Å². The summed E-state index contributed by atoms with van der Waals surface area (Å²) in [5.74, 6) is -1.14. The van der Waals surface area contributed by atoms with Gasteiger partial charge in [0.15, 0.2) is 0 Å². The Morgan fingerprint density at radius 2 is 2.00 bits per heavy atom. The van der Waals surface area contributed by atoms with Gasteiger partial charge < -0.3 is 15.3 Å². The predicted octanol–water partition coefficient (Wildman–Crippen LogP) is -0.397. The molecule has 1 saturated heterocycles. The number of aliphatic carboxylic acids is 1. The summed E-state index contributed by atoms with van der Waals surface area (Å²) in [7, 11) is 1.55. The Balaban J connectivity index is 2.56. The Bertz CT molecular complexity index is 310. The Morgan fingerprint density at radius 1 is 1.33 bits per heavy atom. The highest BCUT2D eigenvalue weighted by Crippen LogP contribution is 2.13. The summed E-state index contributed by atoms with van der Waals surface area (Å²) in [5, 5.41) is 12.4. The minimum atomic E-state index is -1.17. The molecule has 0 aromatic rings. The van der Waals surface area contributed by atoms with Gasteiger partial charge in [0.25, 0.3) is 0 Å². The molecule has 1 amide bonds. The van der Waals surface area contributed by atoms with Crippen molar-refractivity contribution in [2.45, 2.75) is 25.8 Å². The van der Waals surface area contributed by atoms with Crippen LogP contribution in [-0.2, 0) is 9.59 Å². The lowest BCUT2D eigenvalue weighted by molar-refractivity contribution is -0.155. The van der Waals surface area contributed by atoms with Crippen molar-refractivity contribution in [1.29, 1.82) is 0 Å². The van der Waals surface area contributed by atoms with Gasteiger partial charge in [0.2, 0.25) is 5.91 Å². The highest BCUT2D eigenvalue weighted by atomic mass is 16.4. The van der Waals surface area contributed by atoms with E-state index in [-0.39, 0.29) is 12.5 Å². The molecule has 1 aliphatic rings. The van der Waals surface area contributed by atoms with Gasteiger partial charge in [-0.1, -0.05) is 0 Å². The van der Waals surface area contributed by atoms with Crippen molar-refractivity contribution in [3.8, 4) is 0 Å². The van der Waals surface area contributed by atoms with Gasteiger partial charge in [-0.3, -0.25) is 9.69 Å². The summed E-state index contributed by atoms with van der Waals surface area (Å²) in [5.41, 5.74) is -1.17. The topological polar surface area (TPSA) is 72.9 Å². The van der Waals surface area contributed by atoms with Crippen LogP contribution in [0.1, 0.15) is 20.3 Å². The van der Waals surface area contributed by atoms with Crippen LogP contribution < -0.4 is 5.32 Å². The largest absolute Gasteiger partial charge is 0.480 e. The molecule has 1 heterocycles. The summed E-state index contributed by atoms with van der Waals surface area (Å²) < 4.78 is 0. The molecule has 2 N–H and O–H groups in total. The fraction of sp³-hybridized carbons (Fsp3) is 0.833. The number of carbonyl (C=O) groups excluding carboxylic acids is 1. The molecule has 104 valence electrons. The molecule has 0 bridgehead atoms. The van der Waals surface area contributed by atoms with Gasteiger partial charge >= 0.3 is 5.97 Å². The number of carbonyl (C=O) groups is 2. The number of rotatable bonds is 4. The Morgan fingerprint density at radius 3 is 2.61 bits per heavy atom. The van der Waals surface area contributed by atoms with Crippen molar-refractivity contribution in [3.63, 3.8) is 0 Å². The zero-order valence-electron chi connectivity index (χ0n) is 11.4. The summed E-state index contributed by atoms with van der Waals surface area (Å²) in [4.78, 5) is 26.6. The van der Waals surface area contributed by atoms with Gasteiger partial charge in [0.1, 0.15) is 5.54 Å². The highest BCUT2D eigenvalue weighted by molar-refractivity contribution is 5.87. The van der Waals surface area contributed by atoms with Crippen LogP contribution in [0.15, 0.2) is 0 Å². The third kappa shape index (κ3) is 3.68. The second kappa shape index (κ2) is 6.15. The summed E-state index contributed by atoms with van der Waals surface area (Å²) in [6.07, 6.45) is 1.01. The van der Waals surface area contributed by atoms with Crippen LogP contribution in [0.25, 0.3) is 0 Å². The number of nitrogens with zero attached hydrogens (tertiary/aromatic N) is 2. The molecule has 0 aromatic heterocycles. The average molecular weight is 257 g/mol. The van der Waals surface area contributed by atoms with Gasteiger partial charge in [-0.05, 0) is 33.4 Å². The molecule has 6 nitrogen and oxygen atoms in total. The monoisotopic (exact) mass is 257 g/mol. The number of carboxylic acid groups (broad SMARTS) is 1. The SMILES string of the molecule is CN(C(=O)CN1CCCNCC1)C(C)(C)C(=O)O. The number of carboxylic acids is 1. The quantitative estimate of drug-likeness (QED) is 0.717. The lowest BCUT2D eigenvalue weighted by Gasteiger charge is -2.33. The zero-order chi connectivity index (χ0) is 13.8. The van der Waals surface area contributed by atoms with Gasteiger partial charge in [0.05, 0.1) is 6.54 Å². The molecule has 1 fully saturated rings. The van der Waals surface area contributed by atoms with E-state index in [1.54, 1.807) is 7.05 Å². The summed E-state index contributed by atoms with van der Waals surface area (Å²) >= 11 is 0. The zero-order valence-corrected chi connectivity index (χ0v) is 11.4. The molecule has 0 aliphatic carbocycles. The minimum absolute atomic E-state index is 0.149. The Labute approximate surface area is 108 Å². The van der Waals surface area contributed by atoms with Gasteiger partial charge in [-0.15, -0.1) is 0 Å². The van der Waals surface area contributed by atoms with Crippen LogP contribution in [0.4, 0.5) is 0 Å². The Hall–Kier alpha value is -1.14. The molecular formula is C12H23N3O3. The van der Waals surface area contributed by atoms with E-state index in [9.17, 15) is 9.59 Å². The van der Waals surface area contributed by atoms with Crippen molar-refractivity contribution in [2.24, 2.45) is 0 Å². The van der Waals surface area contributed by atoms with Gasteiger partial charge in [-0.2, -0.15) is 0 Å². The molecule has 6 heteroatoms.